The van der Waals surface area contributed by atoms with Gasteiger partial charge in [-0.05, 0) is 35.4 Å². The maximum absolute atomic E-state index is 4.53. The van der Waals surface area contributed by atoms with Crippen molar-refractivity contribution in [1.82, 2.24) is 0 Å². The van der Waals surface area contributed by atoms with E-state index in [1.165, 1.54) is 11.1 Å². The second-order valence-corrected chi connectivity index (χ2v) is 6.91. The molecule has 0 heterocycles. The summed E-state index contributed by atoms with van der Waals surface area (Å²) >= 11 is 0. The zero-order valence-electron chi connectivity index (χ0n) is 16.7. The first-order valence-electron chi connectivity index (χ1n) is 10.0. The summed E-state index contributed by atoms with van der Waals surface area (Å²) in [5, 5.41) is 16.0. The molecule has 0 amide bonds. The van der Waals surface area contributed by atoms with Gasteiger partial charge in [0.2, 0.25) is 0 Å². The van der Waals surface area contributed by atoms with Gasteiger partial charge in [0, 0.05) is 13.1 Å². The lowest BCUT2D eigenvalue weighted by Crippen LogP contribution is -1.99. The Bertz CT molecular complexity index is 1000. The van der Waals surface area contributed by atoms with Gasteiger partial charge >= 0.3 is 0 Å². The Morgan fingerprint density at radius 2 is 0.800 bits per heavy atom. The van der Waals surface area contributed by atoms with E-state index in [-0.39, 0.29) is 0 Å². The molecule has 0 atom stereocenters. The van der Waals surface area contributed by atoms with Crippen molar-refractivity contribution in [2.24, 2.45) is 10.2 Å². The third-order valence-electron chi connectivity index (χ3n) is 4.73. The number of para-hydroxylation sites is 2. The minimum absolute atomic E-state index is 0.739. The van der Waals surface area contributed by atoms with Crippen LogP contribution in [0.15, 0.2) is 119 Å². The second kappa shape index (κ2) is 10.0. The highest BCUT2D eigenvalue weighted by molar-refractivity contribution is 5.67. The topological polar surface area (TPSA) is 48.8 Å². The quantitative estimate of drug-likeness (QED) is 0.308. The van der Waals surface area contributed by atoms with Crippen LogP contribution in [-0.4, -0.2) is 0 Å². The zero-order chi connectivity index (χ0) is 20.4. The van der Waals surface area contributed by atoms with E-state index in [9.17, 15) is 0 Å². The summed E-state index contributed by atoms with van der Waals surface area (Å²) in [6.45, 7) is 1.48. The Hall–Kier alpha value is -3.92. The lowest BCUT2D eigenvalue weighted by atomic mass is 10.2. The van der Waals surface area contributed by atoms with Crippen molar-refractivity contribution in [3.05, 3.63) is 120 Å². The molecule has 2 N–H and O–H groups in total. The summed E-state index contributed by atoms with van der Waals surface area (Å²) in [7, 11) is 0. The van der Waals surface area contributed by atoms with E-state index in [1.54, 1.807) is 0 Å². The Morgan fingerprint density at radius 3 is 1.23 bits per heavy atom. The van der Waals surface area contributed by atoms with E-state index in [4.69, 9.17) is 0 Å². The van der Waals surface area contributed by atoms with Crippen LogP contribution in [0.3, 0.4) is 0 Å². The summed E-state index contributed by atoms with van der Waals surface area (Å²) in [6.07, 6.45) is 0. The monoisotopic (exact) mass is 392 g/mol. The molecule has 4 heteroatoms. The summed E-state index contributed by atoms with van der Waals surface area (Å²) in [5.74, 6) is 0. The van der Waals surface area contributed by atoms with Crippen molar-refractivity contribution in [2.75, 3.05) is 10.6 Å². The average molecular weight is 393 g/mol. The van der Waals surface area contributed by atoms with Crippen LogP contribution in [0.5, 0.6) is 0 Å². The molecule has 0 bridgehead atoms. The summed E-state index contributed by atoms with van der Waals surface area (Å²) in [6, 6.07) is 36.6. The van der Waals surface area contributed by atoms with Crippen molar-refractivity contribution >= 4 is 22.7 Å². The van der Waals surface area contributed by atoms with Crippen LogP contribution in [-0.2, 0) is 13.1 Å². The predicted molar refractivity (Wildman–Crippen MR) is 125 cm³/mol. The van der Waals surface area contributed by atoms with E-state index in [2.05, 4.69) is 45.1 Å². The van der Waals surface area contributed by atoms with Crippen molar-refractivity contribution in [3.63, 3.8) is 0 Å². The summed E-state index contributed by atoms with van der Waals surface area (Å²) in [5.41, 5.74) is 5.98. The van der Waals surface area contributed by atoms with Gasteiger partial charge in [0.05, 0.1) is 11.4 Å². The molecule has 0 saturated carbocycles. The molecule has 0 fully saturated rings. The fourth-order valence-electron chi connectivity index (χ4n) is 3.11. The number of anilines is 2. The van der Waals surface area contributed by atoms with Crippen molar-refractivity contribution in [3.8, 4) is 0 Å². The molecule has 0 unspecified atom stereocenters. The molecule has 0 aromatic heterocycles. The number of benzene rings is 4. The van der Waals surface area contributed by atoms with E-state index in [0.29, 0.717) is 0 Å². The highest BCUT2D eigenvalue weighted by Crippen LogP contribution is 2.30. The summed E-state index contributed by atoms with van der Waals surface area (Å²) in [4.78, 5) is 0. The van der Waals surface area contributed by atoms with Crippen molar-refractivity contribution < 1.29 is 0 Å². The molecule has 0 radical (unpaired) electrons. The van der Waals surface area contributed by atoms with Gasteiger partial charge in [0.25, 0.3) is 0 Å². The van der Waals surface area contributed by atoms with Gasteiger partial charge in [0.1, 0.15) is 11.4 Å². The van der Waals surface area contributed by atoms with Gasteiger partial charge in [-0.25, -0.2) is 0 Å². The largest absolute Gasteiger partial charge is 0.379 e. The molecule has 0 aliphatic carbocycles. The van der Waals surface area contributed by atoms with Gasteiger partial charge in [-0.15, -0.1) is 10.2 Å². The SMILES string of the molecule is c1ccc(CNc2ccccc2N=Nc2ccccc2NCc2ccccc2)cc1. The highest BCUT2D eigenvalue weighted by Gasteiger charge is 2.03. The van der Waals surface area contributed by atoms with Crippen LogP contribution in [0.2, 0.25) is 0 Å². The van der Waals surface area contributed by atoms with Gasteiger partial charge < -0.3 is 10.6 Å². The first-order chi connectivity index (χ1) is 14.9. The van der Waals surface area contributed by atoms with Crippen molar-refractivity contribution in [2.45, 2.75) is 13.1 Å². The number of nitrogens with zero attached hydrogens (tertiary/aromatic N) is 2. The number of rotatable bonds is 8. The lowest BCUT2D eigenvalue weighted by molar-refractivity contribution is 1.13. The minimum atomic E-state index is 0.739. The van der Waals surface area contributed by atoms with Gasteiger partial charge in [-0.2, -0.15) is 0 Å². The van der Waals surface area contributed by atoms with E-state index in [0.717, 1.165) is 35.8 Å². The molecule has 148 valence electrons. The molecule has 4 nitrogen and oxygen atoms in total. The van der Waals surface area contributed by atoms with Crippen LogP contribution in [0.1, 0.15) is 11.1 Å². The predicted octanol–water partition coefficient (Wildman–Crippen LogP) is 7.33. The first kappa shape index (κ1) is 19.4. The number of azo groups is 1. The fraction of sp³-hybridized carbons (Fsp3) is 0.0769. The van der Waals surface area contributed by atoms with Gasteiger partial charge in [-0.3, -0.25) is 0 Å². The smallest absolute Gasteiger partial charge is 0.109 e. The molecule has 0 spiro atoms. The van der Waals surface area contributed by atoms with Crippen LogP contribution < -0.4 is 10.6 Å². The number of hydrogen-bond acceptors (Lipinski definition) is 4. The third-order valence-corrected chi connectivity index (χ3v) is 4.73. The van der Waals surface area contributed by atoms with E-state index >= 15 is 0 Å². The van der Waals surface area contributed by atoms with E-state index in [1.807, 2.05) is 84.9 Å². The molecule has 0 saturated heterocycles. The Balaban J connectivity index is 1.47. The number of hydrogen-bond donors (Lipinski definition) is 2. The molecule has 0 aliphatic rings. The maximum Gasteiger partial charge on any atom is 0.109 e. The van der Waals surface area contributed by atoms with Crippen LogP contribution in [0.4, 0.5) is 22.7 Å². The fourth-order valence-corrected chi connectivity index (χ4v) is 3.11. The molecule has 4 aromatic rings. The van der Waals surface area contributed by atoms with Crippen LogP contribution in [0, 0.1) is 0 Å². The maximum atomic E-state index is 4.53. The molecule has 30 heavy (non-hydrogen) atoms. The Labute approximate surface area is 177 Å². The normalized spacial score (nSPS) is 10.8. The third kappa shape index (κ3) is 5.32. The van der Waals surface area contributed by atoms with Crippen LogP contribution >= 0.6 is 0 Å². The molecular weight excluding hydrogens is 368 g/mol. The Kier molecular flexibility index (Phi) is 6.48. The summed E-state index contributed by atoms with van der Waals surface area (Å²) < 4.78 is 0. The number of nitrogens with one attached hydrogen (secondary N) is 2. The highest BCUT2D eigenvalue weighted by atomic mass is 15.1. The lowest BCUT2D eigenvalue weighted by Gasteiger charge is -2.10. The van der Waals surface area contributed by atoms with E-state index < -0.39 is 0 Å². The first-order valence-corrected chi connectivity index (χ1v) is 10.0. The standard InChI is InChI=1S/C26H24N4/c1-3-11-21(12-4-1)19-27-23-15-7-9-17-25(23)29-30-26-18-10-8-16-24(26)28-20-22-13-5-2-6-14-22/h1-18,27-28H,19-20H2. The Morgan fingerprint density at radius 1 is 0.433 bits per heavy atom. The average Bonchev–Trinajstić information content (AvgIpc) is 2.82. The zero-order valence-corrected chi connectivity index (χ0v) is 16.7. The van der Waals surface area contributed by atoms with Crippen LogP contribution in [0.25, 0.3) is 0 Å². The second-order valence-electron chi connectivity index (χ2n) is 6.91. The molecule has 4 rings (SSSR count). The van der Waals surface area contributed by atoms with Crippen molar-refractivity contribution in [1.29, 1.82) is 0 Å². The van der Waals surface area contributed by atoms with Gasteiger partial charge in [-0.1, -0.05) is 84.9 Å². The van der Waals surface area contributed by atoms with Gasteiger partial charge in [0.15, 0.2) is 0 Å². The minimum Gasteiger partial charge on any atom is -0.379 e. The molecular formula is C26H24N4. The molecule has 0 aliphatic heterocycles. The molecule has 4 aromatic carbocycles.